The van der Waals surface area contributed by atoms with Crippen molar-refractivity contribution in [2.75, 3.05) is 7.11 Å². The van der Waals surface area contributed by atoms with Crippen molar-refractivity contribution < 1.29 is 4.74 Å². The Morgan fingerprint density at radius 3 is 2.77 bits per heavy atom. The van der Waals surface area contributed by atoms with Crippen LogP contribution >= 0.6 is 22.9 Å². The zero-order chi connectivity index (χ0) is 9.42. The van der Waals surface area contributed by atoms with Crippen LogP contribution in [0.15, 0.2) is 18.2 Å². The second-order valence-corrected chi connectivity index (χ2v) is 4.23. The number of aryl methyl sites for hydroxylation is 1. The molecular formula is C10H9ClOS. The van der Waals surface area contributed by atoms with E-state index in [1.165, 1.54) is 10.9 Å². The van der Waals surface area contributed by atoms with E-state index in [1.807, 2.05) is 19.1 Å². The molecule has 3 heteroatoms. The highest BCUT2D eigenvalue weighted by atomic mass is 35.5. The summed E-state index contributed by atoms with van der Waals surface area (Å²) in [6, 6.07) is 5.93. The molecule has 2 rings (SSSR count). The molecule has 2 aromatic rings. The minimum Gasteiger partial charge on any atom is -0.487 e. The first-order chi connectivity index (χ1) is 6.24. The fourth-order valence-electron chi connectivity index (χ4n) is 1.38. The fraction of sp³-hybridized carbons (Fsp3) is 0.200. The smallest absolute Gasteiger partial charge is 0.177 e. The predicted molar refractivity (Wildman–Crippen MR) is 58.1 cm³/mol. The Morgan fingerprint density at radius 2 is 2.15 bits per heavy atom. The summed E-state index contributed by atoms with van der Waals surface area (Å²) >= 11 is 7.65. The van der Waals surface area contributed by atoms with E-state index in [0.29, 0.717) is 0 Å². The first kappa shape index (κ1) is 8.85. The van der Waals surface area contributed by atoms with Crippen LogP contribution in [0.4, 0.5) is 0 Å². The molecule has 0 aliphatic heterocycles. The third kappa shape index (κ3) is 1.30. The topological polar surface area (TPSA) is 9.23 Å². The van der Waals surface area contributed by atoms with Crippen molar-refractivity contribution in [2.24, 2.45) is 0 Å². The summed E-state index contributed by atoms with van der Waals surface area (Å²) in [5.74, 6) is 0. The standard InChI is InChI=1S/C10H9ClOS/c1-6-7-4-3-5-8(11)9(7)13-10(6)12-2/h3-5H,1-2H3. The molecule has 68 valence electrons. The van der Waals surface area contributed by atoms with E-state index < -0.39 is 0 Å². The molecule has 1 heterocycles. The molecule has 1 nitrogen and oxygen atoms in total. The lowest BCUT2D eigenvalue weighted by Crippen LogP contribution is -1.79. The number of thiophene rings is 1. The number of benzene rings is 1. The van der Waals surface area contributed by atoms with Crippen molar-refractivity contribution in [2.45, 2.75) is 6.92 Å². The highest BCUT2D eigenvalue weighted by Crippen LogP contribution is 2.39. The highest BCUT2D eigenvalue weighted by Gasteiger charge is 2.09. The van der Waals surface area contributed by atoms with Crippen molar-refractivity contribution >= 4 is 33.0 Å². The molecular weight excluding hydrogens is 204 g/mol. The monoisotopic (exact) mass is 212 g/mol. The van der Waals surface area contributed by atoms with Gasteiger partial charge in [-0.05, 0) is 13.0 Å². The molecule has 0 aliphatic carbocycles. The second-order valence-electron chi connectivity index (χ2n) is 2.84. The van der Waals surface area contributed by atoms with E-state index in [9.17, 15) is 0 Å². The number of hydrogen-bond acceptors (Lipinski definition) is 2. The van der Waals surface area contributed by atoms with Crippen LogP contribution in [0.25, 0.3) is 10.1 Å². The maximum absolute atomic E-state index is 6.05. The highest BCUT2D eigenvalue weighted by molar-refractivity contribution is 7.21. The van der Waals surface area contributed by atoms with Crippen LogP contribution in [0.2, 0.25) is 5.02 Å². The first-order valence-corrected chi connectivity index (χ1v) is 5.15. The lowest BCUT2D eigenvalue weighted by molar-refractivity contribution is 0.425. The summed E-state index contributed by atoms with van der Waals surface area (Å²) in [6.45, 7) is 2.05. The Labute approximate surface area is 85.9 Å². The third-order valence-electron chi connectivity index (χ3n) is 2.06. The van der Waals surface area contributed by atoms with E-state index in [2.05, 4.69) is 6.07 Å². The van der Waals surface area contributed by atoms with Gasteiger partial charge in [0.05, 0.1) is 16.8 Å². The SMILES string of the molecule is COc1sc2c(Cl)cccc2c1C. The van der Waals surface area contributed by atoms with Crippen molar-refractivity contribution in [1.29, 1.82) is 0 Å². The van der Waals surface area contributed by atoms with Crippen LogP contribution in [0.3, 0.4) is 0 Å². The number of hydrogen-bond donors (Lipinski definition) is 0. The molecule has 0 atom stereocenters. The van der Waals surface area contributed by atoms with Gasteiger partial charge in [0.2, 0.25) is 0 Å². The molecule has 0 saturated heterocycles. The van der Waals surface area contributed by atoms with E-state index in [1.54, 1.807) is 18.4 Å². The predicted octanol–water partition coefficient (Wildman–Crippen LogP) is 3.87. The minimum atomic E-state index is 0.800. The normalized spacial score (nSPS) is 10.7. The van der Waals surface area contributed by atoms with E-state index in [4.69, 9.17) is 16.3 Å². The summed E-state index contributed by atoms with van der Waals surface area (Å²) in [4.78, 5) is 0. The van der Waals surface area contributed by atoms with E-state index in [-0.39, 0.29) is 0 Å². The summed E-state index contributed by atoms with van der Waals surface area (Å²) in [5.41, 5.74) is 1.17. The molecule has 0 N–H and O–H groups in total. The first-order valence-electron chi connectivity index (χ1n) is 3.95. The average molecular weight is 213 g/mol. The molecule has 1 aromatic carbocycles. The van der Waals surface area contributed by atoms with Gasteiger partial charge in [0.25, 0.3) is 0 Å². The molecule has 0 unspecified atom stereocenters. The number of halogens is 1. The fourth-order valence-corrected chi connectivity index (χ4v) is 2.70. The lowest BCUT2D eigenvalue weighted by atomic mass is 10.2. The zero-order valence-corrected chi connectivity index (χ0v) is 9.00. The molecule has 0 aliphatic rings. The molecule has 0 bridgehead atoms. The van der Waals surface area contributed by atoms with Gasteiger partial charge in [0.15, 0.2) is 5.06 Å². The van der Waals surface area contributed by atoms with Gasteiger partial charge in [0, 0.05) is 10.9 Å². The maximum atomic E-state index is 6.05. The van der Waals surface area contributed by atoms with Crippen molar-refractivity contribution in [3.05, 3.63) is 28.8 Å². The van der Waals surface area contributed by atoms with Gasteiger partial charge in [-0.25, -0.2) is 0 Å². The number of methoxy groups -OCH3 is 1. The summed E-state index contributed by atoms with van der Waals surface area (Å²) in [7, 11) is 1.69. The maximum Gasteiger partial charge on any atom is 0.177 e. The van der Waals surface area contributed by atoms with Crippen LogP contribution in [-0.4, -0.2) is 7.11 Å². The van der Waals surface area contributed by atoms with Crippen LogP contribution in [-0.2, 0) is 0 Å². The third-order valence-corrected chi connectivity index (χ3v) is 3.79. The van der Waals surface area contributed by atoms with Gasteiger partial charge in [-0.1, -0.05) is 35.1 Å². The van der Waals surface area contributed by atoms with Crippen LogP contribution in [0, 0.1) is 6.92 Å². The van der Waals surface area contributed by atoms with E-state index >= 15 is 0 Å². The molecule has 0 spiro atoms. The number of rotatable bonds is 1. The molecule has 0 radical (unpaired) electrons. The van der Waals surface area contributed by atoms with E-state index in [0.717, 1.165) is 14.8 Å². The van der Waals surface area contributed by atoms with Gasteiger partial charge >= 0.3 is 0 Å². The Bertz CT molecular complexity index is 447. The second kappa shape index (κ2) is 3.20. The molecule has 13 heavy (non-hydrogen) atoms. The summed E-state index contributed by atoms with van der Waals surface area (Å²) < 4.78 is 6.35. The lowest BCUT2D eigenvalue weighted by Gasteiger charge is -1.94. The summed E-state index contributed by atoms with van der Waals surface area (Å²) in [5, 5.41) is 2.94. The van der Waals surface area contributed by atoms with Crippen molar-refractivity contribution in [1.82, 2.24) is 0 Å². The van der Waals surface area contributed by atoms with Gasteiger partial charge in [-0.15, -0.1) is 0 Å². The largest absolute Gasteiger partial charge is 0.487 e. The molecule has 0 fully saturated rings. The Hall–Kier alpha value is -0.730. The molecule has 0 saturated carbocycles. The van der Waals surface area contributed by atoms with Crippen molar-refractivity contribution in [3.8, 4) is 5.06 Å². The zero-order valence-electron chi connectivity index (χ0n) is 7.43. The number of fused-ring (bicyclic) bond motifs is 1. The Morgan fingerprint density at radius 1 is 1.38 bits per heavy atom. The van der Waals surface area contributed by atoms with Crippen LogP contribution in [0.5, 0.6) is 5.06 Å². The Balaban J connectivity index is 2.83. The Kier molecular flexibility index (Phi) is 2.18. The quantitative estimate of drug-likeness (QED) is 0.697. The van der Waals surface area contributed by atoms with Gasteiger partial charge in [-0.2, -0.15) is 0 Å². The van der Waals surface area contributed by atoms with Gasteiger partial charge in [-0.3, -0.25) is 0 Å². The van der Waals surface area contributed by atoms with Crippen molar-refractivity contribution in [3.63, 3.8) is 0 Å². The number of ether oxygens (including phenoxy) is 1. The molecule has 1 aromatic heterocycles. The van der Waals surface area contributed by atoms with Gasteiger partial charge < -0.3 is 4.74 Å². The summed E-state index contributed by atoms with van der Waals surface area (Å²) in [6.07, 6.45) is 0. The van der Waals surface area contributed by atoms with Crippen LogP contribution < -0.4 is 4.74 Å². The van der Waals surface area contributed by atoms with Crippen LogP contribution in [0.1, 0.15) is 5.56 Å². The molecule has 0 amide bonds. The van der Waals surface area contributed by atoms with Gasteiger partial charge in [0.1, 0.15) is 0 Å². The average Bonchev–Trinajstić information content (AvgIpc) is 2.45. The minimum absolute atomic E-state index is 0.800.